The molecule has 0 spiro atoms. The van der Waals surface area contributed by atoms with Crippen LogP contribution >= 0.6 is 23.1 Å². The molecule has 0 fully saturated rings. The van der Waals surface area contributed by atoms with Crippen molar-refractivity contribution in [2.24, 2.45) is 0 Å². The minimum Gasteiger partial charge on any atom is -0.434 e. The normalized spacial score (nSPS) is 10.7. The molecule has 0 aliphatic rings. The lowest BCUT2D eigenvalue weighted by atomic mass is 10.2. The minimum atomic E-state index is 0.685. The highest BCUT2D eigenvalue weighted by molar-refractivity contribution is 8.01. The molecule has 0 aliphatic heterocycles. The maximum Gasteiger partial charge on any atom is 0.192 e. The first kappa shape index (κ1) is 11.5. The maximum atomic E-state index is 5.43. The fraction of sp³-hybridized carbons (Fsp3) is 0.0769. The van der Waals surface area contributed by atoms with Crippen LogP contribution in [-0.2, 0) is 0 Å². The molecule has 2 aromatic heterocycles. The lowest BCUT2D eigenvalue weighted by Gasteiger charge is -1.93. The van der Waals surface area contributed by atoms with E-state index in [2.05, 4.69) is 22.1 Å². The largest absolute Gasteiger partial charge is 0.434 e. The van der Waals surface area contributed by atoms with Gasteiger partial charge in [0, 0.05) is 12.5 Å². The Bertz CT molecular complexity index is 646. The summed E-state index contributed by atoms with van der Waals surface area (Å²) in [5.74, 6) is 0.685. The monoisotopic (exact) mass is 274 g/mol. The van der Waals surface area contributed by atoms with Crippen LogP contribution in [0.15, 0.2) is 56.4 Å². The first-order valence-corrected chi connectivity index (χ1v) is 7.06. The summed E-state index contributed by atoms with van der Waals surface area (Å²) >= 11 is 3.20. The number of rotatable bonds is 3. The summed E-state index contributed by atoms with van der Waals surface area (Å²) < 4.78 is 6.53. The van der Waals surface area contributed by atoms with E-state index in [9.17, 15) is 0 Å². The number of hydrogen-bond donors (Lipinski definition) is 0. The number of hydrogen-bond acceptors (Lipinski definition) is 5. The molecule has 0 saturated heterocycles. The third-order valence-electron chi connectivity index (χ3n) is 2.31. The highest BCUT2D eigenvalue weighted by Gasteiger charge is 2.08. The predicted octanol–water partition coefficient (Wildman–Crippen LogP) is 4.26. The van der Waals surface area contributed by atoms with Crippen molar-refractivity contribution in [2.45, 2.75) is 16.2 Å². The zero-order valence-corrected chi connectivity index (χ0v) is 11.3. The molecular formula is C13H10N2OS2. The average Bonchev–Trinajstić information content (AvgIpc) is 3.01. The summed E-state index contributed by atoms with van der Waals surface area (Å²) in [7, 11) is 0. The average molecular weight is 274 g/mol. The standard InChI is InChI=1S/C13H10N2OS2/c1-9-14-7-11(16-9)17-12-8-15-13(18-12)10-5-3-2-4-6-10/h2-8H,1H3. The fourth-order valence-corrected chi connectivity index (χ4v) is 3.39. The van der Waals surface area contributed by atoms with Crippen molar-refractivity contribution in [3.63, 3.8) is 0 Å². The Morgan fingerprint density at radius 2 is 1.94 bits per heavy atom. The van der Waals surface area contributed by atoms with Crippen molar-refractivity contribution >= 4 is 23.1 Å². The molecule has 2 heterocycles. The predicted molar refractivity (Wildman–Crippen MR) is 72.9 cm³/mol. The molecule has 5 heteroatoms. The molecule has 0 atom stereocenters. The number of nitrogens with zero attached hydrogens (tertiary/aromatic N) is 2. The molecule has 0 amide bonds. The van der Waals surface area contributed by atoms with Crippen LogP contribution in [0.5, 0.6) is 0 Å². The number of thiazole rings is 1. The van der Waals surface area contributed by atoms with Gasteiger partial charge < -0.3 is 4.42 Å². The van der Waals surface area contributed by atoms with Crippen molar-refractivity contribution < 1.29 is 4.42 Å². The van der Waals surface area contributed by atoms with Crippen LogP contribution in [-0.4, -0.2) is 9.97 Å². The summed E-state index contributed by atoms with van der Waals surface area (Å²) in [5, 5.41) is 1.82. The van der Waals surface area contributed by atoms with E-state index < -0.39 is 0 Å². The molecule has 0 radical (unpaired) electrons. The molecule has 18 heavy (non-hydrogen) atoms. The number of aromatic nitrogens is 2. The summed E-state index contributed by atoms with van der Waals surface area (Å²) in [6.45, 7) is 1.84. The van der Waals surface area contributed by atoms with Gasteiger partial charge in [0.05, 0.1) is 16.6 Å². The van der Waals surface area contributed by atoms with Crippen LogP contribution in [0.1, 0.15) is 5.89 Å². The van der Waals surface area contributed by atoms with Crippen molar-refractivity contribution in [3.8, 4) is 10.6 Å². The Labute approximate surface area is 113 Å². The highest BCUT2D eigenvalue weighted by Crippen LogP contribution is 2.35. The Balaban J connectivity index is 1.82. The molecule has 0 saturated carbocycles. The smallest absolute Gasteiger partial charge is 0.192 e. The van der Waals surface area contributed by atoms with Gasteiger partial charge in [0.15, 0.2) is 11.0 Å². The first-order valence-electron chi connectivity index (χ1n) is 5.43. The van der Waals surface area contributed by atoms with Gasteiger partial charge in [-0.1, -0.05) is 30.3 Å². The third kappa shape index (κ3) is 2.47. The van der Waals surface area contributed by atoms with Crippen LogP contribution < -0.4 is 0 Å². The zero-order chi connectivity index (χ0) is 12.4. The van der Waals surface area contributed by atoms with Crippen LogP contribution in [0.25, 0.3) is 10.6 Å². The summed E-state index contributed by atoms with van der Waals surface area (Å²) in [4.78, 5) is 8.50. The van der Waals surface area contributed by atoms with Crippen molar-refractivity contribution in [2.75, 3.05) is 0 Å². The molecule has 3 aromatic rings. The van der Waals surface area contributed by atoms with E-state index in [4.69, 9.17) is 4.42 Å². The van der Waals surface area contributed by atoms with Gasteiger partial charge in [-0.05, 0) is 11.8 Å². The van der Waals surface area contributed by atoms with Gasteiger partial charge >= 0.3 is 0 Å². The number of aryl methyl sites for hydroxylation is 1. The van der Waals surface area contributed by atoms with Crippen LogP contribution in [0.3, 0.4) is 0 Å². The van der Waals surface area contributed by atoms with Crippen molar-refractivity contribution in [1.82, 2.24) is 9.97 Å². The molecule has 0 bridgehead atoms. The molecule has 3 rings (SSSR count). The molecule has 0 N–H and O–H groups in total. The second kappa shape index (κ2) is 4.96. The summed E-state index contributed by atoms with van der Waals surface area (Å²) in [5.41, 5.74) is 1.14. The Hall–Kier alpha value is -1.59. The second-order valence-electron chi connectivity index (χ2n) is 3.65. The second-order valence-corrected chi connectivity index (χ2v) is 5.99. The van der Waals surface area contributed by atoms with Gasteiger partial charge in [-0.2, -0.15) is 0 Å². The number of oxazole rings is 1. The summed E-state index contributed by atoms with van der Waals surface area (Å²) in [6.07, 6.45) is 3.61. The van der Waals surface area contributed by atoms with E-state index in [1.165, 1.54) is 0 Å². The summed E-state index contributed by atoms with van der Waals surface area (Å²) in [6, 6.07) is 10.2. The van der Waals surface area contributed by atoms with Crippen molar-refractivity contribution in [3.05, 3.63) is 48.6 Å². The van der Waals surface area contributed by atoms with Gasteiger partial charge in [0.25, 0.3) is 0 Å². The van der Waals surface area contributed by atoms with E-state index in [1.807, 2.05) is 31.3 Å². The molecule has 0 aliphatic carbocycles. The van der Waals surface area contributed by atoms with E-state index in [1.54, 1.807) is 29.3 Å². The first-order chi connectivity index (χ1) is 8.81. The van der Waals surface area contributed by atoms with Gasteiger partial charge in [0.2, 0.25) is 0 Å². The van der Waals surface area contributed by atoms with Gasteiger partial charge in [-0.3, -0.25) is 0 Å². The molecule has 3 nitrogen and oxygen atoms in total. The maximum absolute atomic E-state index is 5.43. The SMILES string of the molecule is Cc1ncc(Sc2cnc(-c3ccccc3)s2)o1. The molecular weight excluding hydrogens is 264 g/mol. The van der Waals surface area contributed by atoms with Gasteiger partial charge in [-0.25, -0.2) is 9.97 Å². The minimum absolute atomic E-state index is 0.685. The third-order valence-corrected chi connectivity index (χ3v) is 4.34. The number of benzene rings is 1. The van der Waals surface area contributed by atoms with Crippen LogP contribution in [0.2, 0.25) is 0 Å². The Kier molecular flexibility index (Phi) is 3.17. The van der Waals surface area contributed by atoms with Gasteiger partial charge in [-0.15, -0.1) is 11.3 Å². The van der Waals surface area contributed by atoms with Crippen LogP contribution in [0, 0.1) is 6.92 Å². The van der Waals surface area contributed by atoms with E-state index in [0.29, 0.717) is 5.89 Å². The molecule has 1 aromatic carbocycles. The molecule has 0 unspecified atom stereocenters. The lowest BCUT2D eigenvalue weighted by Crippen LogP contribution is -1.71. The van der Waals surface area contributed by atoms with E-state index in [-0.39, 0.29) is 0 Å². The lowest BCUT2D eigenvalue weighted by molar-refractivity contribution is 0.442. The van der Waals surface area contributed by atoms with E-state index >= 15 is 0 Å². The van der Waals surface area contributed by atoms with E-state index in [0.717, 1.165) is 19.9 Å². The topological polar surface area (TPSA) is 38.9 Å². The quantitative estimate of drug-likeness (QED) is 0.715. The van der Waals surface area contributed by atoms with Crippen LogP contribution in [0.4, 0.5) is 0 Å². The fourth-order valence-electron chi connectivity index (χ4n) is 1.51. The van der Waals surface area contributed by atoms with Crippen molar-refractivity contribution in [1.29, 1.82) is 0 Å². The molecule has 90 valence electrons. The Morgan fingerprint density at radius 1 is 1.11 bits per heavy atom. The highest BCUT2D eigenvalue weighted by atomic mass is 32.2. The zero-order valence-electron chi connectivity index (χ0n) is 9.66. The Morgan fingerprint density at radius 3 is 2.67 bits per heavy atom. The van der Waals surface area contributed by atoms with Gasteiger partial charge in [0.1, 0.15) is 5.01 Å².